The molecule has 2 aromatic rings. The third-order valence-corrected chi connectivity index (χ3v) is 2.78. The van der Waals surface area contributed by atoms with E-state index in [1.165, 1.54) is 0 Å². The van der Waals surface area contributed by atoms with E-state index >= 15 is 0 Å². The van der Waals surface area contributed by atoms with E-state index in [0.717, 1.165) is 12.1 Å². The van der Waals surface area contributed by atoms with Gasteiger partial charge in [0.15, 0.2) is 17.5 Å². The Morgan fingerprint density at radius 2 is 1.61 bits per heavy atom. The molecular formula is C13H12F3NO. The maximum Gasteiger partial charge on any atom is 0.194 e. The quantitative estimate of drug-likeness (QED) is 0.836. The van der Waals surface area contributed by atoms with Gasteiger partial charge in [0.2, 0.25) is 0 Å². The lowest BCUT2D eigenvalue weighted by Crippen LogP contribution is -2.13. The first-order valence-electron chi connectivity index (χ1n) is 5.37. The second kappa shape index (κ2) is 4.49. The number of rotatable bonds is 2. The molecule has 1 aromatic heterocycles. The number of halogens is 3. The van der Waals surface area contributed by atoms with Crippen molar-refractivity contribution in [2.75, 3.05) is 0 Å². The van der Waals surface area contributed by atoms with Crippen molar-refractivity contribution in [2.45, 2.75) is 19.9 Å². The summed E-state index contributed by atoms with van der Waals surface area (Å²) in [5.41, 5.74) is 6.69. The van der Waals surface area contributed by atoms with Crippen molar-refractivity contribution in [3.05, 3.63) is 58.3 Å². The van der Waals surface area contributed by atoms with E-state index in [9.17, 15) is 13.2 Å². The van der Waals surface area contributed by atoms with Crippen LogP contribution < -0.4 is 5.73 Å². The van der Waals surface area contributed by atoms with Crippen LogP contribution in [0.2, 0.25) is 0 Å². The van der Waals surface area contributed by atoms with E-state index in [0.29, 0.717) is 17.1 Å². The predicted octanol–water partition coefficient (Wildman–Crippen LogP) is 3.36. The maximum atomic E-state index is 13.1. The highest BCUT2D eigenvalue weighted by molar-refractivity contribution is 5.34. The average molecular weight is 255 g/mol. The zero-order valence-corrected chi connectivity index (χ0v) is 9.93. The molecule has 5 heteroatoms. The first kappa shape index (κ1) is 12.7. The standard InChI is InChI=1S/C13H12F3NO/c1-6-3-9(7(2)18-6)13(17)8-4-10(14)12(16)11(15)5-8/h3-5,13H,17H2,1-2H3. The fraction of sp³-hybridized carbons (Fsp3) is 0.231. The van der Waals surface area contributed by atoms with Crippen LogP contribution in [0, 0.1) is 31.3 Å². The predicted molar refractivity (Wildman–Crippen MR) is 60.5 cm³/mol. The van der Waals surface area contributed by atoms with Gasteiger partial charge in [0.25, 0.3) is 0 Å². The molecule has 0 saturated carbocycles. The van der Waals surface area contributed by atoms with Crippen LogP contribution in [0.15, 0.2) is 22.6 Å². The Kier molecular flexibility index (Phi) is 3.17. The highest BCUT2D eigenvalue weighted by atomic mass is 19.2. The molecule has 0 aliphatic carbocycles. The topological polar surface area (TPSA) is 39.2 Å². The van der Waals surface area contributed by atoms with Crippen molar-refractivity contribution in [1.82, 2.24) is 0 Å². The molecule has 0 saturated heterocycles. The summed E-state index contributed by atoms with van der Waals surface area (Å²) in [5, 5.41) is 0. The highest BCUT2D eigenvalue weighted by Crippen LogP contribution is 2.27. The lowest BCUT2D eigenvalue weighted by molar-refractivity contribution is 0.444. The third-order valence-electron chi connectivity index (χ3n) is 2.78. The first-order chi connectivity index (χ1) is 8.40. The maximum absolute atomic E-state index is 13.1. The summed E-state index contributed by atoms with van der Waals surface area (Å²) >= 11 is 0. The minimum atomic E-state index is -1.49. The van der Waals surface area contributed by atoms with Crippen molar-refractivity contribution in [3.8, 4) is 0 Å². The molecule has 0 bridgehead atoms. The molecule has 0 fully saturated rings. The largest absolute Gasteiger partial charge is 0.466 e. The Morgan fingerprint density at radius 1 is 1.06 bits per heavy atom. The molecule has 18 heavy (non-hydrogen) atoms. The van der Waals surface area contributed by atoms with Gasteiger partial charge >= 0.3 is 0 Å². The van der Waals surface area contributed by atoms with Crippen LogP contribution >= 0.6 is 0 Å². The Labute approximate surface area is 102 Å². The van der Waals surface area contributed by atoms with Crippen LogP contribution in [-0.4, -0.2) is 0 Å². The van der Waals surface area contributed by atoms with Gasteiger partial charge in [-0.05, 0) is 37.6 Å². The second-order valence-corrected chi connectivity index (χ2v) is 4.14. The summed E-state index contributed by atoms with van der Waals surface area (Å²) < 4.78 is 44.4. The number of benzene rings is 1. The van der Waals surface area contributed by atoms with E-state index in [4.69, 9.17) is 10.2 Å². The highest BCUT2D eigenvalue weighted by Gasteiger charge is 2.19. The van der Waals surface area contributed by atoms with Crippen LogP contribution in [0.4, 0.5) is 13.2 Å². The number of furan rings is 1. The van der Waals surface area contributed by atoms with Gasteiger partial charge < -0.3 is 10.2 Å². The van der Waals surface area contributed by atoms with Gasteiger partial charge in [0.05, 0.1) is 6.04 Å². The first-order valence-corrected chi connectivity index (χ1v) is 5.37. The van der Waals surface area contributed by atoms with Crippen LogP contribution in [-0.2, 0) is 0 Å². The molecule has 96 valence electrons. The average Bonchev–Trinajstić information content (AvgIpc) is 2.63. The molecule has 0 spiro atoms. The van der Waals surface area contributed by atoms with Gasteiger partial charge in [-0.2, -0.15) is 0 Å². The molecular weight excluding hydrogens is 243 g/mol. The molecule has 1 aromatic carbocycles. The zero-order valence-electron chi connectivity index (χ0n) is 9.93. The van der Waals surface area contributed by atoms with Gasteiger partial charge in [0, 0.05) is 5.56 Å². The van der Waals surface area contributed by atoms with Gasteiger partial charge in [-0.25, -0.2) is 13.2 Å². The van der Waals surface area contributed by atoms with Gasteiger partial charge in [-0.15, -0.1) is 0 Å². The summed E-state index contributed by atoms with van der Waals surface area (Å²) in [7, 11) is 0. The van der Waals surface area contributed by atoms with Crippen molar-refractivity contribution in [3.63, 3.8) is 0 Å². The Hall–Kier alpha value is -1.75. The lowest BCUT2D eigenvalue weighted by Gasteiger charge is -2.11. The van der Waals surface area contributed by atoms with E-state index < -0.39 is 23.5 Å². The molecule has 2 N–H and O–H groups in total. The van der Waals surface area contributed by atoms with E-state index in [1.54, 1.807) is 19.9 Å². The van der Waals surface area contributed by atoms with Crippen LogP contribution in [0.25, 0.3) is 0 Å². The molecule has 1 atom stereocenters. The monoisotopic (exact) mass is 255 g/mol. The van der Waals surface area contributed by atoms with Crippen molar-refractivity contribution in [2.24, 2.45) is 5.73 Å². The molecule has 0 aliphatic rings. The zero-order chi connectivity index (χ0) is 13.4. The number of hydrogen-bond acceptors (Lipinski definition) is 2. The minimum absolute atomic E-state index is 0.162. The molecule has 2 rings (SSSR count). The third kappa shape index (κ3) is 2.13. The lowest BCUT2D eigenvalue weighted by atomic mass is 9.99. The second-order valence-electron chi connectivity index (χ2n) is 4.14. The summed E-state index contributed by atoms with van der Waals surface area (Å²) in [6.45, 7) is 3.45. The van der Waals surface area contributed by atoms with Crippen LogP contribution in [0.3, 0.4) is 0 Å². The van der Waals surface area contributed by atoms with Gasteiger partial charge in [0.1, 0.15) is 11.5 Å². The molecule has 1 unspecified atom stereocenters. The smallest absolute Gasteiger partial charge is 0.194 e. The number of hydrogen-bond donors (Lipinski definition) is 1. The van der Waals surface area contributed by atoms with Crippen LogP contribution in [0.1, 0.15) is 28.7 Å². The van der Waals surface area contributed by atoms with Crippen molar-refractivity contribution >= 4 is 0 Å². The van der Waals surface area contributed by atoms with Crippen molar-refractivity contribution < 1.29 is 17.6 Å². The minimum Gasteiger partial charge on any atom is -0.466 e. The molecule has 1 heterocycles. The Bertz CT molecular complexity index is 569. The van der Waals surface area contributed by atoms with Gasteiger partial charge in [-0.3, -0.25) is 0 Å². The van der Waals surface area contributed by atoms with E-state index in [2.05, 4.69) is 0 Å². The summed E-state index contributed by atoms with van der Waals surface area (Å²) in [4.78, 5) is 0. The van der Waals surface area contributed by atoms with E-state index in [-0.39, 0.29) is 5.56 Å². The summed E-state index contributed by atoms with van der Waals surface area (Å²) in [6, 6.07) is 2.72. The fourth-order valence-electron chi connectivity index (χ4n) is 1.89. The van der Waals surface area contributed by atoms with Crippen molar-refractivity contribution in [1.29, 1.82) is 0 Å². The number of nitrogens with two attached hydrogens (primary N) is 1. The summed E-state index contributed by atoms with van der Waals surface area (Å²) in [5.74, 6) is -2.77. The Morgan fingerprint density at radius 3 is 2.06 bits per heavy atom. The SMILES string of the molecule is Cc1cc(C(N)c2cc(F)c(F)c(F)c2)c(C)o1. The fourth-order valence-corrected chi connectivity index (χ4v) is 1.89. The number of aryl methyl sites for hydroxylation is 2. The summed E-state index contributed by atoms with van der Waals surface area (Å²) in [6.07, 6.45) is 0. The molecule has 2 nitrogen and oxygen atoms in total. The van der Waals surface area contributed by atoms with Gasteiger partial charge in [-0.1, -0.05) is 0 Å². The molecule has 0 aliphatic heterocycles. The molecule has 0 radical (unpaired) electrons. The Balaban J connectivity index is 2.46. The molecule has 0 amide bonds. The normalized spacial score (nSPS) is 12.8. The van der Waals surface area contributed by atoms with E-state index in [1.807, 2.05) is 0 Å². The van der Waals surface area contributed by atoms with Crippen LogP contribution in [0.5, 0.6) is 0 Å².